The van der Waals surface area contributed by atoms with E-state index < -0.39 is 10.0 Å². The summed E-state index contributed by atoms with van der Waals surface area (Å²) >= 11 is 7.88. The van der Waals surface area contributed by atoms with Crippen molar-refractivity contribution in [2.24, 2.45) is 0 Å². The minimum absolute atomic E-state index is 0.202. The summed E-state index contributed by atoms with van der Waals surface area (Å²) in [5.41, 5.74) is 1.31. The van der Waals surface area contributed by atoms with Crippen molar-refractivity contribution >= 4 is 49.9 Å². The molecule has 108 valence electrons. The van der Waals surface area contributed by atoms with Crippen molar-refractivity contribution in [3.63, 3.8) is 0 Å². The Balaban J connectivity index is 2.26. The van der Waals surface area contributed by atoms with E-state index >= 15 is 0 Å². The number of nitrogens with one attached hydrogen (secondary N) is 3. The minimum atomic E-state index is -3.60. The molecule has 0 bridgehead atoms. The zero-order valence-corrected chi connectivity index (χ0v) is 14.3. The lowest BCUT2D eigenvalue weighted by Crippen LogP contribution is -2.13. The number of benzene rings is 1. The highest BCUT2D eigenvalue weighted by atomic mass is 127. The van der Waals surface area contributed by atoms with Gasteiger partial charge in [-0.1, -0.05) is 11.6 Å². The average molecular weight is 426 g/mol. The van der Waals surface area contributed by atoms with E-state index in [4.69, 9.17) is 11.6 Å². The van der Waals surface area contributed by atoms with E-state index in [2.05, 4.69) is 15.0 Å². The van der Waals surface area contributed by atoms with Gasteiger partial charge in [-0.3, -0.25) is 4.72 Å². The van der Waals surface area contributed by atoms with Gasteiger partial charge in [-0.2, -0.15) is 0 Å². The van der Waals surface area contributed by atoms with E-state index in [-0.39, 0.29) is 4.90 Å². The molecule has 1 heterocycles. The summed E-state index contributed by atoms with van der Waals surface area (Å²) in [6.45, 7) is 0.577. The SMILES string of the molecule is CNCc1cc(S(=O)(=O)Nc2ccc(Cl)cc2I)c[nH]1. The summed E-state index contributed by atoms with van der Waals surface area (Å²) in [5.74, 6) is 0. The van der Waals surface area contributed by atoms with Crippen LogP contribution in [-0.2, 0) is 16.6 Å². The Bertz CT molecular complexity index is 715. The summed E-state index contributed by atoms with van der Waals surface area (Å²) in [7, 11) is -1.81. The lowest BCUT2D eigenvalue weighted by molar-refractivity contribution is 0.601. The maximum Gasteiger partial charge on any atom is 0.263 e. The summed E-state index contributed by atoms with van der Waals surface area (Å²) in [6.07, 6.45) is 1.47. The zero-order chi connectivity index (χ0) is 14.8. The Morgan fingerprint density at radius 2 is 2.10 bits per heavy atom. The van der Waals surface area contributed by atoms with Gasteiger partial charge in [0.2, 0.25) is 0 Å². The molecule has 0 spiro atoms. The van der Waals surface area contributed by atoms with Crippen LogP contribution < -0.4 is 10.0 Å². The van der Waals surface area contributed by atoms with Gasteiger partial charge < -0.3 is 10.3 Å². The Morgan fingerprint density at radius 3 is 2.75 bits per heavy atom. The average Bonchev–Trinajstić information content (AvgIpc) is 2.83. The molecule has 0 amide bonds. The molecule has 0 radical (unpaired) electrons. The zero-order valence-electron chi connectivity index (χ0n) is 10.6. The van der Waals surface area contributed by atoms with Gasteiger partial charge in [0.05, 0.1) is 5.69 Å². The van der Waals surface area contributed by atoms with Gasteiger partial charge in [0.1, 0.15) is 4.90 Å². The smallest absolute Gasteiger partial charge is 0.263 e. The van der Waals surface area contributed by atoms with Crippen molar-refractivity contribution in [1.29, 1.82) is 0 Å². The quantitative estimate of drug-likeness (QED) is 0.645. The Hall–Kier alpha value is -0.770. The minimum Gasteiger partial charge on any atom is -0.363 e. The maximum atomic E-state index is 12.3. The van der Waals surface area contributed by atoms with E-state index in [0.717, 1.165) is 9.26 Å². The van der Waals surface area contributed by atoms with Crippen LogP contribution in [0.5, 0.6) is 0 Å². The fourth-order valence-electron chi connectivity index (χ4n) is 1.64. The van der Waals surface area contributed by atoms with Crippen molar-refractivity contribution in [2.45, 2.75) is 11.4 Å². The van der Waals surface area contributed by atoms with Crippen LogP contribution in [-0.4, -0.2) is 20.4 Å². The van der Waals surface area contributed by atoms with Crippen LogP contribution in [0.25, 0.3) is 0 Å². The van der Waals surface area contributed by atoms with Gasteiger partial charge in [-0.05, 0) is 53.9 Å². The predicted octanol–water partition coefficient (Wildman–Crippen LogP) is 2.79. The molecule has 0 atom stereocenters. The molecule has 3 N–H and O–H groups in total. The molecule has 0 aliphatic rings. The van der Waals surface area contributed by atoms with Crippen molar-refractivity contribution in [2.75, 3.05) is 11.8 Å². The van der Waals surface area contributed by atoms with Crippen molar-refractivity contribution in [1.82, 2.24) is 10.3 Å². The van der Waals surface area contributed by atoms with Crippen LogP contribution in [0.3, 0.4) is 0 Å². The normalized spacial score (nSPS) is 11.6. The Morgan fingerprint density at radius 1 is 1.35 bits per heavy atom. The molecule has 0 aliphatic carbocycles. The fourth-order valence-corrected chi connectivity index (χ4v) is 3.93. The molecule has 5 nitrogen and oxygen atoms in total. The molecule has 0 saturated heterocycles. The van der Waals surface area contributed by atoms with Crippen LogP contribution in [0.4, 0.5) is 5.69 Å². The molecule has 2 aromatic rings. The van der Waals surface area contributed by atoms with E-state index in [1.807, 2.05) is 22.6 Å². The molecule has 0 aliphatic heterocycles. The number of aromatic nitrogens is 1. The number of rotatable bonds is 5. The van der Waals surface area contributed by atoms with Crippen molar-refractivity contribution in [3.8, 4) is 0 Å². The largest absolute Gasteiger partial charge is 0.363 e. The van der Waals surface area contributed by atoms with Gasteiger partial charge in [-0.25, -0.2) is 8.42 Å². The molecule has 20 heavy (non-hydrogen) atoms. The third-order valence-electron chi connectivity index (χ3n) is 2.57. The fraction of sp³-hybridized carbons (Fsp3) is 0.167. The molecule has 2 rings (SSSR count). The molecule has 1 aromatic heterocycles. The van der Waals surface area contributed by atoms with E-state index in [1.54, 1.807) is 31.3 Å². The number of halogens is 2. The lowest BCUT2D eigenvalue weighted by Gasteiger charge is -2.08. The monoisotopic (exact) mass is 425 g/mol. The number of hydrogen-bond acceptors (Lipinski definition) is 3. The van der Waals surface area contributed by atoms with E-state index in [0.29, 0.717) is 17.3 Å². The molecule has 0 unspecified atom stereocenters. The Labute approximate surface area is 136 Å². The molecule has 1 aromatic carbocycles. The van der Waals surface area contributed by atoms with Crippen molar-refractivity contribution in [3.05, 3.63) is 44.7 Å². The van der Waals surface area contributed by atoms with Crippen LogP contribution >= 0.6 is 34.2 Å². The topological polar surface area (TPSA) is 74.0 Å². The maximum absolute atomic E-state index is 12.3. The molecule has 0 saturated carbocycles. The second kappa shape index (κ2) is 6.33. The summed E-state index contributed by atoms with van der Waals surface area (Å²) in [4.78, 5) is 3.12. The first-order valence-corrected chi connectivity index (χ1v) is 8.66. The Kier molecular flexibility index (Phi) is 4.95. The first kappa shape index (κ1) is 15.6. The lowest BCUT2D eigenvalue weighted by atomic mass is 10.3. The third kappa shape index (κ3) is 3.66. The van der Waals surface area contributed by atoms with Gasteiger partial charge in [0.15, 0.2) is 0 Å². The predicted molar refractivity (Wildman–Crippen MR) is 88.5 cm³/mol. The molecular weight excluding hydrogens is 413 g/mol. The van der Waals surface area contributed by atoms with Crippen LogP contribution in [0.1, 0.15) is 5.69 Å². The van der Waals surface area contributed by atoms with Gasteiger partial charge >= 0.3 is 0 Å². The highest BCUT2D eigenvalue weighted by Gasteiger charge is 2.17. The highest BCUT2D eigenvalue weighted by molar-refractivity contribution is 14.1. The van der Waals surface area contributed by atoms with Gasteiger partial charge in [0, 0.05) is 27.0 Å². The van der Waals surface area contributed by atoms with Crippen LogP contribution in [0, 0.1) is 3.57 Å². The van der Waals surface area contributed by atoms with Gasteiger partial charge in [0.25, 0.3) is 10.0 Å². The number of aromatic amines is 1. The van der Waals surface area contributed by atoms with Crippen molar-refractivity contribution < 1.29 is 8.42 Å². The number of sulfonamides is 1. The molecule has 8 heteroatoms. The van der Waals surface area contributed by atoms with Crippen LogP contribution in [0.15, 0.2) is 35.4 Å². The second-order valence-corrected chi connectivity index (χ2v) is 7.40. The third-order valence-corrected chi connectivity index (χ3v) is 5.04. The van der Waals surface area contributed by atoms with Crippen LogP contribution in [0.2, 0.25) is 5.02 Å². The summed E-state index contributed by atoms with van der Waals surface area (Å²) < 4.78 is 27.8. The molecular formula is C12H13ClIN3O2S. The number of hydrogen-bond donors (Lipinski definition) is 3. The first-order valence-electron chi connectivity index (χ1n) is 5.72. The standard InChI is InChI=1S/C12H13ClIN3O2S/c1-15-6-9-5-10(7-16-9)20(18,19)17-12-3-2-8(13)4-11(12)14/h2-5,7,15-17H,6H2,1H3. The van der Waals surface area contributed by atoms with E-state index in [1.165, 1.54) is 6.20 Å². The van der Waals surface area contributed by atoms with E-state index in [9.17, 15) is 8.42 Å². The number of anilines is 1. The van der Waals surface area contributed by atoms with Gasteiger partial charge in [-0.15, -0.1) is 0 Å². The second-order valence-electron chi connectivity index (χ2n) is 4.12. The molecule has 0 fully saturated rings. The number of H-pyrrole nitrogens is 1. The summed E-state index contributed by atoms with van der Waals surface area (Å²) in [6, 6.07) is 6.58. The summed E-state index contributed by atoms with van der Waals surface area (Å²) in [5, 5.41) is 3.52. The highest BCUT2D eigenvalue weighted by Crippen LogP contribution is 2.25. The first-order chi connectivity index (χ1) is 9.42.